The van der Waals surface area contributed by atoms with Gasteiger partial charge in [0.1, 0.15) is 0 Å². The quantitative estimate of drug-likeness (QED) is 0.187. The lowest BCUT2D eigenvalue weighted by molar-refractivity contribution is 0.888. The number of hydrogen-bond donors (Lipinski definition) is 0. The van der Waals surface area contributed by atoms with Gasteiger partial charge < -0.3 is 9.13 Å². The van der Waals surface area contributed by atoms with Crippen LogP contribution >= 0.6 is 0 Å². The molecule has 2 nitrogen and oxygen atoms in total. The summed E-state index contributed by atoms with van der Waals surface area (Å²) in [5.41, 5.74) is 15.5. The van der Waals surface area contributed by atoms with Gasteiger partial charge in [0.15, 0.2) is 0 Å². The van der Waals surface area contributed by atoms with Gasteiger partial charge >= 0.3 is 0 Å². The van der Waals surface area contributed by atoms with Crippen molar-refractivity contribution in [2.45, 2.75) is 25.7 Å². The van der Waals surface area contributed by atoms with Crippen LogP contribution in [-0.4, -0.2) is 9.13 Å². The van der Waals surface area contributed by atoms with Crippen molar-refractivity contribution in [1.29, 1.82) is 0 Å². The zero-order chi connectivity index (χ0) is 31.6. The summed E-state index contributed by atoms with van der Waals surface area (Å²) in [7, 11) is 0. The molecule has 0 aliphatic heterocycles. The van der Waals surface area contributed by atoms with E-state index in [-0.39, 0.29) is 0 Å². The van der Waals surface area contributed by atoms with Gasteiger partial charge in [-0.1, -0.05) is 109 Å². The van der Waals surface area contributed by atoms with Gasteiger partial charge in [-0.2, -0.15) is 0 Å². The van der Waals surface area contributed by atoms with Crippen LogP contribution in [0.1, 0.15) is 35.4 Å². The Kier molecular flexibility index (Phi) is 6.17. The number of hydrogen-bond acceptors (Lipinski definition) is 0. The predicted molar refractivity (Wildman–Crippen MR) is 203 cm³/mol. The summed E-state index contributed by atoms with van der Waals surface area (Å²) < 4.78 is 4.95. The van der Waals surface area contributed by atoms with Crippen LogP contribution in [0.25, 0.3) is 78.4 Å². The van der Waals surface area contributed by atoms with Crippen LogP contribution in [0, 0.1) is 0 Å². The maximum absolute atomic E-state index is 2.49. The summed E-state index contributed by atoms with van der Waals surface area (Å²) in [5.74, 6) is 0. The Morgan fingerprint density at radius 2 is 0.917 bits per heavy atom. The first-order valence-corrected chi connectivity index (χ1v) is 17.1. The van der Waals surface area contributed by atoms with Crippen molar-refractivity contribution in [3.05, 3.63) is 168 Å². The molecule has 0 amide bonds. The van der Waals surface area contributed by atoms with Gasteiger partial charge in [-0.05, 0) is 107 Å². The fourth-order valence-corrected chi connectivity index (χ4v) is 8.14. The summed E-state index contributed by atoms with van der Waals surface area (Å²) >= 11 is 0. The molecule has 0 bridgehead atoms. The van der Waals surface area contributed by atoms with Gasteiger partial charge in [-0.15, -0.1) is 0 Å². The summed E-state index contributed by atoms with van der Waals surface area (Å²) in [5, 5.41) is 5.20. The smallest absolute Gasteiger partial charge is 0.0538 e. The Labute approximate surface area is 280 Å². The lowest BCUT2D eigenvalue weighted by atomic mass is 9.96. The molecular formula is C46H34N2. The molecule has 0 atom stereocenters. The Morgan fingerprint density at radius 1 is 0.396 bits per heavy atom. The van der Waals surface area contributed by atoms with Gasteiger partial charge in [0.05, 0.1) is 11.0 Å². The zero-order valence-corrected chi connectivity index (χ0v) is 26.7. The van der Waals surface area contributed by atoms with Crippen molar-refractivity contribution in [3.8, 4) is 33.6 Å². The average molecular weight is 615 g/mol. The molecule has 228 valence electrons. The van der Waals surface area contributed by atoms with E-state index in [0.29, 0.717) is 0 Å². The van der Waals surface area contributed by atoms with Gasteiger partial charge in [0, 0.05) is 44.7 Å². The largest absolute Gasteiger partial charge is 0.313 e. The number of aromatic nitrogens is 2. The van der Waals surface area contributed by atoms with E-state index in [2.05, 4.69) is 167 Å². The molecule has 0 N–H and O–H groups in total. The van der Waals surface area contributed by atoms with Crippen molar-refractivity contribution in [2.75, 3.05) is 0 Å². The van der Waals surface area contributed by atoms with E-state index in [4.69, 9.17) is 0 Å². The van der Waals surface area contributed by atoms with Crippen LogP contribution in [0.15, 0.2) is 146 Å². The average Bonchev–Trinajstić information content (AvgIpc) is 3.67. The molecule has 2 aliphatic rings. The summed E-state index contributed by atoms with van der Waals surface area (Å²) in [4.78, 5) is 0. The van der Waals surface area contributed by atoms with Crippen LogP contribution in [-0.2, 0) is 12.8 Å². The maximum Gasteiger partial charge on any atom is 0.0538 e. The monoisotopic (exact) mass is 614 g/mol. The first kappa shape index (κ1) is 27.3. The number of fused-ring (bicyclic) bond motifs is 7. The minimum absolute atomic E-state index is 1.05. The van der Waals surface area contributed by atoms with Crippen molar-refractivity contribution in [2.24, 2.45) is 0 Å². The Bertz CT molecular complexity index is 2590. The van der Waals surface area contributed by atoms with Gasteiger partial charge in [0.25, 0.3) is 0 Å². The van der Waals surface area contributed by atoms with Gasteiger partial charge in [0.2, 0.25) is 0 Å². The molecule has 0 saturated carbocycles. The fraction of sp³-hybridized carbons (Fsp3) is 0.0870. The highest BCUT2D eigenvalue weighted by molar-refractivity contribution is 5.98. The van der Waals surface area contributed by atoms with Crippen LogP contribution in [0.3, 0.4) is 0 Å². The molecule has 0 unspecified atom stereocenters. The Hall–Kier alpha value is -5.86. The Balaban J connectivity index is 1.04. The molecule has 8 aromatic rings. The van der Waals surface area contributed by atoms with E-state index in [0.717, 1.165) is 25.7 Å². The lowest BCUT2D eigenvalue weighted by Gasteiger charge is -2.14. The highest BCUT2D eigenvalue weighted by Crippen LogP contribution is 2.39. The minimum atomic E-state index is 1.05. The standard InChI is InChI=1S/C46H34N2/c1-2-12-37(13-3-1)47-43-16-8-6-14-39(43)41-29-35(23-26-45(41)47)32-18-20-33(21-19-32)36-24-27-46-42(30-36)40-15-7-9-17-44(40)48(46)38-25-22-31-10-4-5-11-34(31)28-38/h1-7,10-15,18-30H,8-9,16-17H2. The lowest BCUT2D eigenvalue weighted by Crippen LogP contribution is -2.02. The highest BCUT2D eigenvalue weighted by Gasteiger charge is 2.21. The molecule has 2 aromatic heterocycles. The molecule has 0 spiro atoms. The van der Waals surface area contributed by atoms with E-state index in [1.165, 1.54) is 88.7 Å². The van der Waals surface area contributed by atoms with Crippen molar-refractivity contribution < 1.29 is 0 Å². The number of rotatable bonds is 4. The number of nitrogens with zero attached hydrogens (tertiary/aromatic N) is 2. The molecule has 6 aromatic carbocycles. The molecule has 2 aliphatic carbocycles. The molecule has 2 heterocycles. The van der Waals surface area contributed by atoms with Crippen LogP contribution in [0.2, 0.25) is 0 Å². The molecule has 10 rings (SSSR count). The molecule has 48 heavy (non-hydrogen) atoms. The molecule has 0 fully saturated rings. The van der Waals surface area contributed by atoms with Gasteiger partial charge in [-0.3, -0.25) is 0 Å². The van der Waals surface area contributed by atoms with E-state index >= 15 is 0 Å². The van der Waals surface area contributed by atoms with E-state index in [1.807, 2.05) is 0 Å². The maximum atomic E-state index is 2.49. The molecule has 2 heteroatoms. The number of allylic oxidation sites excluding steroid dienone is 2. The summed E-state index contributed by atoms with van der Waals surface area (Å²) in [6, 6.07) is 49.4. The van der Waals surface area contributed by atoms with Crippen LogP contribution in [0.5, 0.6) is 0 Å². The third-order valence-corrected chi connectivity index (χ3v) is 10.4. The Morgan fingerprint density at radius 3 is 1.52 bits per heavy atom. The third kappa shape index (κ3) is 4.26. The van der Waals surface area contributed by atoms with Crippen molar-refractivity contribution >= 4 is 44.7 Å². The second-order valence-electron chi connectivity index (χ2n) is 13.2. The third-order valence-electron chi connectivity index (χ3n) is 10.4. The predicted octanol–water partition coefficient (Wildman–Crippen LogP) is 12.0. The molecule has 0 radical (unpaired) electrons. The van der Waals surface area contributed by atoms with E-state index < -0.39 is 0 Å². The van der Waals surface area contributed by atoms with Crippen molar-refractivity contribution in [1.82, 2.24) is 9.13 Å². The highest BCUT2D eigenvalue weighted by atomic mass is 15.0. The van der Waals surface area contributed by atoms with E-state index in [9.17, 15) is 0 Å². The second kappa shape index (κ2) is 10.9. The van der Waals surface area contributed by atoms with Gasteiger partial charge in [-0.25, -0.2) is 0 Å². The van der Waals surface area contributed by atoms with Crippen molar-refractivity contribution in [3.63, 3.8) is 0 Å². The second-order valence-corrected chi connectivity index (χ2v) is 13.2. The normalized spacial score (nSPS) is 13.8. The van der Waals surface area contributed by atoms with E-state index in [1.54, 1.807) is 0 Å². The zero-order valence-electron chi connectivity index (χ0n) is 26.7. The first-order chi connectivity index (χ1) is 23.8. The number of benzene rings is 6. The van der Waals surface area contributed by atoms with Crippen LogP contribution < -0.4 is 0 Å². The van der Waals surface area contributed by atoms with Crippen LogP contribution in [0.4, 0.5) is 0 Å². The molecule has 0 saturated heterocycles. The first-order valence-electron chi connectivity index (χ1n) is 17.1. The summed E-state index contributed by atoms with van der Waals surface area (Å²) in [6.07, 6.45) is 13.6. The SMILES string of the molecule is C1=Cc2c(n(-c3ccccc3)c3ccc(-c4ccc(-c5ccc6c(c5)c5c(n6-c6ccc7ccccc7c6)CCC=C5)cc4)cc23)CC1. The topological polar surface area (TPSA) is 9.86 Å². The fourth-order valence-electron chi connectivity index (χ4n) is 8.14. The minimum Gasteiger partial charge on any atom is -0.313 e. The number of para-hydroxylation sites is 1. The summed E-state index contributed by atoms with van der Waals surface area (Å²) in [6.45, 7) is 0. The molecular weight excluding hydrogens is 581 g/mol.